The van der Waals surface area contributed by atoms with Crippen LogP contribution in [0.1, 0.15) is 20.8 Å². The lowest BCUT2D eigenvalue weighted by Gasteiger charge is -2.39. The Morgan fingerprint density at radius 2 is 2.11 bits per heavy atom. The van der Waals surface area contributed by atoms with Gasteiger partial charge in [0.15, 0.2) is 5.79 Å². The SMILES string of the molecule is C=C[C@H]1N[C@H](COC(C)=O)[C@H]2OC(C)(C)O[C@@H]2[C@@H]1O. The lowest BCUT2D eigenvalue weighted by molar-refractivity contribution is -0.154. The van der Waals surface area contributed by atoms with Crippen molar-refractivity contribution in [3.63, 3.8) is 0 Å². The average molecular weight is 271 g/mol. The van der Waals surface area contributed by atoms with Gasteiger partial charge in [-0.25, -0.2) is 0 Å². The number of aliphatic hydroxyl groups excluding tert-OH is 1. The normalized spacial score (nSPS) is 40.5. The van der Waals surface area contributed by atoms with E-state index in [-0.39, 0.29) is 30.8 Å². The van der Waals surface area contributed by atoms with Crippen LogP contribution in [0.2, 0.25) is 0 Å². The standard InChI is InChI=1S/C13H21NO5/c1-5-8-10(16)12-11(18-13(3,4)19-12)9(14-8)6-17-7(2)15/h5,8-12,14,16H,1,6H2,2-4H3/t8-,9-,10-,11-,12-/m1/s1. The maximum absolute atomic E-state index is 10.9. The summed E-state index contributed by atoms with van der Waals surface area (Å²) >= 11 is 0. The monoisotopic (exact) mass is 271 g/mol. The van der Waals surface area contributed by atoms with E-state index < -0.39 is 18.0 Å². The maximum atomic E-state index is 10.9. The number of carbonyl (C=O) groups excluding carboxylic acids is 1. The predicted octanol–water partition coefficient (Wildman–Crippen LogP) is -0.0431. The quantitative estimate of drug-likeness (QED) is 0.554. The van der Waals surface area contributed by atoms with Crippen LogP contribution in [0.25, 0.3) is 0 Å². The highest BCUT2D eigenvalue weighted by Gasteiger charge is 2.53. The second-order valence-electron chi connectivity index (χ2n) is 5.39. The first-order valence-electron chi connectivity index (χ1n) is 6.40. The molecule has 6 nitrogen and oxygen atoms in total. The van der Waals surface area contributed by atoms with Gasteiger partial charge in [0.2, 0.25) is 0 Å². The molecule has 0 spiro atoms. The van der Waals surface area contributed by atoms with Crippen LogP contribution >= 0.6 is 0 Å². The summed E-state index contributed by atoms with van der Waals surface area (Å²) in [4.78, 5) is 10.9. The molecule has 2 heterocycles. The minimum absolute atomic E-state index is 0.174. The Balaban J connectivity index is 2.14. The largest absolute Gasteiger partial charge is 0.464 e. The van der Waals surface area contributed by atoms with E-state index in [0.29, 0.717) is 0 Å². The van der Waals surface area contributed by atoms with Gasteiger partial charge in [-0.15, -0.1) is 6.58 Å². The fraction of sp³-hybridized carbons (Fsp3) is 0.769. The van der Waals surface area contributed by atoms with Crippen molar-refractivity contribution in [2.75, 3.05) is 6.61 Å². The Kier molecular flexibility index (Phi) is 3.96. The zero-order valence-electron chi connectivity index (χ0n) is 11.5. The molecule has 2 aliphatic heterocycles. The summed E-state index contributed by atoms with van der Waals surface area (Å²) in [6.45, 7) is 8.81. The Hall–Kier alpha value is -0.950. The lowest BCUT2D eigenvalue weighted by Crippen LogP contribution is -2.64. The Morgan fingerprint density at radius 3 is 2.68 bits per heavy atom. The van der Waals surface area contributed by atoms with Gasteiger partial charge in [0, 0.05) is 6.92 Å². The summed E-state index contributed by atoms with van der Waals surface area (Å²) in [6, 6.07) is -0.554. The number of hydrogen-bond acceptors (Lipinski definition) is 6. The summed E-state index contributed by atoms with van der Waals surface area (Å²) in [5, 5.41) is 13.4. The van der Waals surface area contributed by atoms with Crippen molar-refractivity contribution in [2.45, 2.75) is 57.0 Å². The number of ether oxygens (including phenoxy) is 3. The molecule has 0 unspecified atom stereocenters. The molecule has 0 aromatic carbocycles. The fourth-order valence-electron chi connectivity index (χ4n) is 2.60. The number of aliphatic hydroxyl groups is 1. The molecule has 108 valence electrons. The van der Waals surface area contributed by atoms with Crippen molar-refractivity contribution in [1.82, 2.24) is 5.32 Å². The summed E-state index contributed by atoms with van der Waals surface area (Å²) < 4.78 is 16.6. The molecule has 5 atom stereocenters. The zero-order chi connectivity index (χ0) is 14.2. The third-order valence-corrected chi connectivity index (χ3v) is 3.39. The first kappa shape index (κ1) is 14.5. The third kappa shape index (κ3) is 2.97. The number of rotatable bonds is 3. The van der Waals surface area contributed by atoms with Crippen LogP contribution in [0.4, 0.5) is 0 Å². The number of carbonyl (C=O) groups is 1. The molecule has 19 heavy (non-hydrogen) atoms. The van der Waals surface area contributed by atoms with E-state index in [1.807, 2.05) is 0 Å². The van der Waals surface area contributed by atoms with Crippen LogP contribution in [0.15, 0.2) is 12.7 Å². The van der Waals surface area contributed by atoms with Gasteiger partial charge < -0.3 is 19.3 Å². The fourth-order valence-corrected chi connectivity index (χ4v) is 2.60. The van der Waals surface area contributed by atoms with Crippen molar-refractivity contribution in [1.29, 1.82) is 0 Å². The highest BCUT2D eigenvalue weighted by atomic mass is 16.8. The van der Waals surface area contributed by atoms with Gasteiger partial charge in [-0.05, 0) is 13.8 Å². The number of hydrogen-bond donors (Lipinski definition) is 2. The minimum Gasteiger partial charge on any atom is -0.464 e. The molecular formula is C13H21NO5. The second-order valence-corrected chi connectivity index (χ2v) is 5.39. The van der Waals surface area contributed by atoms with Crippen molar-refractivity contribution < 1.29 is 24.1 Å². The highest BCUT2D eigenvalue weighted by molar-refractivity contribution is 5.65. The van der Waals surface area contributed by atoms with E-state index in [1.165, 1.54) is 6.92 Å². The Bertz CT molecular complexity index is 370. The molecule has 0 aliphatic carbocycles. The molecule has 0 bridgehead atoms. The molecule has 0 saturated carbocycles. The van der Waals surface area contributed by atoms with E-state index in [9.17, 15) is 9.90 Å². The first-order valence-corrected chi connectivity index (χ1v) is 6.40. The van der Waals surface area contributed by atoms with Gasteiger partial charge in [0.05, 0.1) is 12.1 Å². The summed E-state index contributed by atoms with van der Waals surface area (Å²) in [5.41, 5.74) is 0. The second kappa shape index (κ2) is 5.20. The molecule has 2 rings (SSSR count). The van der Waals surface area contributed by atoms with Crippen LogP contribution in [0, 0.1) is 0 Å². The number of esters is 1. The lowest BCUT2D eigenvalue weighted by atomic mass is 9.90. The number of piperidine rings is 1. The van der Waals surface area contributed by atoms with Gasteiger partial charge in [0.1, 0.15) is 24.9 Å². The molecule has 0 radical (unpaired) electrons. The van der Waals surface area contributed by atoms with Crippen LogP contribution in [0.5, 0.6) is 0 Å². The molecule has 2 saturated heterocycles. The van der Waals surface area contributed by atoms with Crippen LogP contribution in [-0.4, -0.2) is 53.9 Å². The van der Waals surface area contributed by atoms with Crippen LogP contribution in [-0.2, 0) is 19.0 Å². The van der Waals surface area contributed by atoms with Gasteiger partial charge in [-0.2, -0.15) is 0 Å². The van der Waals surface area contributed by atoms with E-state index in [4.69, 9.17) is 14.2 Å². The van der Waals surface area contributed by atoms with Crippen molar-refractivity contribution in [3.8, 4) is 0 Å². The van der Waals surface area contributed by atoms with Crippen LogP contribution in [0.3, 0.4) is 0 Å². The molecule has 2 N–H and O–H groups in total. The topological polar surface area (TPSA) is 77.0 Å². The smallest absolute Gasteiger partial charge is 0.302 e. The molecule has 0 amide bonds. The molecule has 2 fully saturated rings. The molecule has 6 heteroatoms. The van der Waals surface area contributed by atoms with E-state index in [2.05, 4.69) is 11.9 Å². The van der Waals surface area contributed by atoms with Crippen LogP contribution < -0.4 is 5.32 Å². The van der Waals surface area contributed by atoms with Gasteiger partial charge >= 0.3 is 5.97 Å². The van der Waals surface area contributed by atoms with E-state index in [1.54, 1.807) is 19.9 Å². The van der Waals surface area contributed by atoms with E-state index >= 15 is 0 Å². The summed E-state index contributed by atoms with van der Waals surface area (Å²) in [7, 11) is 0. The number of fused-ring (bicyclic) bond motifs is 1. The van der Waals surface area contributed by atoms with Gasteiger partial charge in [-0.3, -0.25) is 10.1 Å². The van der Waals surface area contributed by atoms with E-state index in [0.717, 1.165) is 0 Å². The predicted molar refractivity (Wildman–Crippen MR) is 67.4 cm³/mol. The molecule has 0 aromatic rings. The summed E-state index contributed by atoms with van der Waals surface area (Å²) in [5.74, 6) is -1.11. The first-order chi connectivity index (χ1) is 8.84. The highest BCUT2D eigenvalue weighted by Crippen LogP contribution is 2.35. The van der Waals surface area contributed by atoms with Gasteiger partial charge in [-0.1, -0.05) is 6.08 Å². The third-order valence-electron chi connectivity index (χ3n) is 3.39. The Labute approximate surface area is 112 Å². The molecule has 0 aromatic heterocycles. The van der Waals surface area contributed by atoms with Crippen molar-refractivity contribution in [3.05, 3.63) is 12.7 Å². The van der Waals surface area contributed by atoms with Crippen molar-refractivity contribution in [2.24, 2.45) is 0 Å². The summed E-state index contributed by atoms with van der Waals surface area (Å²) in [6.07, 6.45) is 0.0642. The van der Waals surface area contributed by atoms with Gasteiger partial charge in [0.25, 0.3) is 0 Å². The Morgan fingerprint density at radius 1 is 1.47 bits per heavy atom. The zero-order valence-corrected chi connectivity index (χ0v) is 11.5. The molecular weight excluding hydrogens is 250 g/mol. The molecule has 2 aliphatic rings. The minimum atomic E-state index is -0.761. The van der Waals surface area contributed by atoms with Crippen molar-refractivity contribution >= 4 is 5.97 Å². The average Bonchev–Trinajstić information content (AvgIpc) is 2.64. The maximum Gasteiger partial charge on any atom is 0.302 e. The number of nitrogens with one attached hydrogen (secondary N) is 1.